The largest absolute Gasteiger partial charge is 0.367 e. The lowest BCUT2D eigenvalue weighted by Crippen LogP contribution is -2.60. The Bertz CT molecular complexity index is 1040. The number of hydrogen-bond acceptors (Lipinski definition) is 5. The van der Waals surface area contributed by atoms with Crippen molar-refractivity contribution in [2.75, 3.05) is 56.0 Å². The van der Waals surface area contributed by atoms with E-state index in [0.717, 1.165) is 5.56 Å². The normalized spacial score (nSPS) is 19.0. The van der Waals surface area contributed by atoms with E-state index in [2.05, 4.69) is 10.6 Å². The summed E-state index contributed by atoms with van der Waals surface area (Å²) < 4.78 is 14.1. The molecule has 2 aliphatic rings. The molecule has 3 amide bonds. The van der Waals surface area contributed by atoms with Gasteiger partial charge in [-0.1, -0.05) is 29.8 Å². The first kappa shape index (κ1) is 23.7. The van der Waals surface area contributed by atoms with Crippen LogP contribution in [0.3, 0.4) is 0 Å². The lowest BCUT2D eigenvalue weighted by Gasteiger charge is -2.39. The van der Waals surface area contributed by atoms with Crippen LogP contribution >= 0.6 is 0 Å². The Hall–Kier alpha value is -3.46. The van der Waals surface area contributed by atoms with E-state index < -0.39 is 6.04 Å². The third kappa shape index (κ3) is 5.72. The van der Waals surface area contributed by atoms with Crippen LogP contribution in [0, 0.1) is 12.7 Å². The molecule has 2 N–H and O–H groups in total. The maximum absolute atomic E-state index is 14.1. The number of hydrogen-bond donors (Lipinski definition) is 2. The van der Waals surface area contributed by atoms with Gasteiger partial charge in [-0.25, -0.2) is 4.39 Å². The molecule has 2 aromatic carbocycles. The number of carbonyl (C=O) groups is 3. The number of rotatable bonds is 6. The van der Waals surface area contributed by atoms with E-state index in [-0.39, 0.29) is 36.5 Å². The van der Waals surface area contributed by atoms with E-state index in [4.69, 9.17) is 0 Å². The molecule has 2 aromatic rings. The number of anilines is 2. The van der Waals surface area contributed by atoms with Crippen LogP contribution in [-0.2, 0) is 14.4 Å². The van der Waals surface area contributed by atoms with Gasteiger partial charge in [0.25, 0.3) is 0 Å². The molecule has 0 spiro atoms. The number of nitrogens with one attached hydrogen (secondary N) is 2. The fourth-order valence-corrected chi connectivity index (χ4v) is 4.38. The van der Waals surface area contributed by atoms with Gasteiger partial charge < -0.3 is 20.4 Å². The van der Waals surface area contributed by atoms with Crippen LogP contribution in [0.1, 0.15) is 12.0 Å². The highest BCUT2D eigenvalue weighted by Crippen LogP contribution is 2.20. The van der Waals surface area contributed by atoms with Gasteiger partial charge in [0.2, 0.25) is 17.7 Å². The molecule has 0 bridgehead atoms. The first-order valence-corrected chi connectivity index (χ1v) is 11.6. The zero-order chi connectivity index (χ0) is 24.1. The van der Waals surface area contributed by atoms with Crippen LogP contribution in [0.4, 0.5) is 15.8 Å². The van der Waals surface area contributed by atoms with Gasteiger partial charge in [-0.2, -0.15) is 0 Å². The van der Waals surface area contributed by atoms with Crippen LogP contribution < -0.4 is 15.5 Å². The van der Waals surface area contributed by atoms with Gasteiger partial charge in [0.1, 0.15) is 11.9 Å². The van der Waals surface area contributed by atoms with Crippen LogP contribution in [0.25, 0.3) is 0 Å². The summed E-state index contributed by atoms with van der Waals surface area (Å²) >= 11 is 0. The average molecular weight is 468 g/mol. The van der Waals surface area contributed by atoms with Crippen molar-refractivity contribution in [3.05, 3.63) is 59.9 Å². The Morgan fingerprint density at radius 2 is 1.74 bits per heavy atom. The molecule has 34 heavy (non-hydrogen) atoms. The van der Waals surface area contributed by atoms with Crippen LogP contribution in [0.2, 0.25) is 0 Å². The van der Waals surface area contributed by atoms with Crippen molar-refractivity contribution in [1.82, 2.24) is 15.1 Å². The summed E-state index contributed by atoms with van der Waals surface area (Å²) in [6.07, 6.45) is -0.105. The quantitative estimate of drug-likeness (QED) is 0.675. The maximum Gasteiger partial charge on any atom is 0.243 e. The SMILES string of the molecule is Cc1ccc(NC(=O)CC2C(=O)NCCN2C(=O)CN2CCN(c3ccccc3F)CC2)cc1. The second-order valence-corrected chi connectivity index (χ2v) is 8.73. The minimum atomic E-state index is -0.841. The first-order valence-electron chi connectivity index (χ1n) is 11.6. The summed E-state index contributed by atoms with van der Waals surface area (Å²) in [6.45, 7) is 5.28. The molecule has 2 fully saturated rings. The summed E-state index contributed by atoms with van der Waals surface area (Å²) in [5.41, 5.74) is 2.30. The molecule has 180 valence electrons. The molecular weight excluding hydrogens is 437 g/mol. The Kier molecular flexibility index (Phi) is 7.42. The molecule has 2 saturated heterocycles. The van der Waals surface area contributed by atoms with Crippen molar-refractivity contribution in [1.29, 1.82) is 0 Å². The lowest BCUT2D eigenvalue weighted by molar-refractivity contribution is -0.145. The molecule has 9 heteroatoms. The number of aryl methyl sites for hydroxylation is 1. The minimum absolute atomic E-state index is 0.105. The predicted octanol–water partition coefficient (Wildman–Crippen LogP) is 1.61. The highest BCUT2D eigenvalue weighted by Gasteiger charge is 2.35. The van der Waals surface area contributed by atoms with Crippen LogP contribution in [0.15, 0.2) is 48.5 Å². The van der Waals surface area contributed by atoms with Crippen LogP contribution in [-0.4, -0.2) is 79.4 Å². The molecule has 0 aromatic heterocycles. The Morgan fingerprint density at radius 1 is 1.03 bits per heavy atom. The zero-order valence-corrected chi connectivity index (χ0v) is 19.3. The topological polar surface area (TPSA) is 85.0 Å². The van der Waals surface area contributed by atoms with Crippen LogP contribution in [0.5, 0.6) is 0 Å². The van der Waals surface area contributed by atoms with E-state index in [1.165, 1.54) is 11.0 Å². The average Bonchev–Trinajstić information content (AvgIpc) is 2.83. The maximum atomic E-state index is 14.1. The van der Waals surface area contributed by atoms with Gasteiger partial charge in [0.05, 0.1) is 18.7 Å². The number of nitrogens with zero attached hydrogens (tertiary/aromatic N) is 3. The molecular formula is C25H30FN5O3. The molecule has 8 nitrogen and oxygen atoms in total. The lowest BCUT2D eigenvalue weighted by atomic mass is 10.1. The van der Waals surface area contributed by atoms with Crippen molar-refractivity contribution >= 4 is 29.1 Å². The highest BCUT2D eigenvalue weighted by molar-refractivity contribution is 5.97. The first-order chi connectivity index (χ1) is 16.4. The Labute approximate surface area is 198 Å². The molecule has 1 unspecified atom stereocenters. The molecule has 2 heterocycles. The monoisotopic (exact) mass is 467 g/mol. The summed E-state index contributed by atoms with van der Waals surface area (Å²) in [6, 6.07) is 13.2. The van der Waals surface area contributed by atoms with E-state index in [1.54, 1.807) is 24.3 Å². The third-order valence-electron chi connectivity index (χ3n) is 6.29. The van der Waals surface area contributed by atoms with E-state index in [1.807, 2.05) is 34.9 Å². The molecule has 0 radical (unpaired) electrons. The Morgan fingerprint density at radius 3 is 2.44 bits per heavy atom. The number of para-hydroxylation sites is 1. The van der Waals surface area contributed by atoms with E-state index >= 15 is 0 Å². The van der Waals surface area contributed by atoms with Crippen molar-refractivity contribution in [2.45, 2.75) is 19.4 Å². The van der Waals surface area contributed by atoms with E-state index in [0.29, 0.717) is 50.6 Å². The summed E-state index contributed by atoms with van der Waals surface area (Å²) in [4.78, 5) is 43.7. The summed E-state index contributed by atoms with van der Waals surface area (Å²) in [7, 11) is 0. The zero-order valence-electron chi connectivity index (χ0n) is 19.3. The van der Waals surface area contributed by atoms with Crippen molar-refractivity contribution in [3.63, 3.8) is 0 Å². The third-order valence-corrected chi connectivity index (χ3v) is 6.29. The van der Waals surface area contributed by atoms with Crippen molar-refractivity contribution in [3.8, 4) is 0 Å². The summed E-state index contributed by atoms with van der Waals surface area (Å²) in [5.74, 6) is -1.06. The fourth-order valence-electron chi connectivity index (χ4n) is 4.38. The fraction of sp³-hybridized carbons (Fsp3) is 0.400. The molecule has 4 rings (SSSR count). The van der Waals surface area contributed by atoms with Gasteiger partial charge in [0, 0.05) is 45.0 Å². The van der Waals surface area contributed by atoms with Gasteiger partial charge in [-0.05, 0) is 31.2 Å². The van der Waals surface area contributed by atoms with Gasteiger partial charge in [0.15, 0.2) is 0 Å². The van der Waals surface area contributed by atoms with Gasteiger partial charge in [-0.15, -0.1) is 0 Å². The second-order valence-electron chi connectivity index (χ2n) is 8.73. The predicted molar refractivity (Wildman–Crippen MR) is 128 cm³/mol. The summed E-state index contributed by atoms with van der Waals surface area (Å²) in [5, 5.41) is 5.56. The second kappa shape index (κ2) is 10.6. The molecule has 1 atom stereocenters. The molecule has 0 aliphatic carbocycles. The number of carbonyl (C=O) groups excluding carboxylic acids is 3. The van der Waals surface area contributed by atoms with Gasteiger partial charge in [-0.3, -0.25) is 19.3 Å². The number of piperazine rings is 2. The molecule has 0 saturated carbocycles. The smallest absolute Gasteiger partial charge is 0.243 e. The van der Waals surface area contributed by atoms with Crippen molar-refractivity contribution < 1.29 is 18.8 Å². The standard InChI is InChI=1S/C25H30FN5O3/c1-18-6-8-19(9-7-18)28-23(32)16-22-25(34)27-10-11-31(22)24(33)17-29-12-14-30(15-13-29)21-5-3-2-4-20(21)26/h2-9,22H,10-17H2,1H3,(H,27,34)(H,28,32). The minimum Gasteiger partial charge on any atom is -0.367 e. The van der Waals surface area contributed by atoms with E-state index in [9.17, 15) is 18.8 Å². The number of amides is 3. The number of halogens is 1. The highest BCUT2D eigenvalue weighted by atomic mass is 19.1. The Balaban J connectivity index is 1.32. The van der Waals surface area contributed by atoms with Crippen molar-refractivity contribution in [2.24, 2.45) is 0 Å². The number of benzene rings is 2. The van der Waals surface area contributed by atoms with Gasteiger partial charge >= 0.3 is 0 Å². The molecule has 2 aliphatic heterocycles.